The molecule has 0 spiro atoms. The second-order valence-corrected chi connectivity index (χ2v) is 3.06. The Morgan fingerprint density at radius 1 is 1.71 bits per heavy atom. The lowest BCUT2D eigenvalue weighted by Crippen LogP contribution is -2.32. The number of carbonyl (C=O) groups is 1. The van der Waals surface area contributed by atoms with Crippen LogP contribution in [-0.2, 0) is 6.61 Å². The van der Waals surface area contributed by atoms with E-state index >= 15 is 0 Å². The highest BCUT2D eigenvalue weighted by atomic mass is 16.7. The number of carbonyl (C=O) groups excluding carboxylic acids is 1. The first kappa shape index (κ1) is 10.5. The monoisotopic (exact) mass is 202 g/mol. The summed E-state index contributed by atoms with van der Waals surface area (Å²) in [4.78, 5) is 22.2. The highest BCUT2D eigenvalue weighted by Crippen LogP contribution is 1.99. The summed E-state index contributed by atoms with van der Waals surface area (Å²) in [6.45, 7) is 3.00. The molecule has 0 bridgehead atoms. The number of nitrogens with one attached hydrogen (secondary N) is 2. The predicted octanol–water partition coefficient (Wildman–Crippen LogP) is -0.847. The zero-order chi connectivity index (χ0) is 10.7. The second kappa shape index (κ2) is 4.05. The third-order valence-corrected chi connectivity index (χ3v) is 1.54. The number of rotatable bonds is 3. The van der Waals surface area contributed by atoms with Crippen LogP contribution in [0.5, 0.6) is 0 Å². The highest BCUT2D eigenvalue weighted by Gasteiger charge is 2.26. The minimum atomic E-state index is -0.558. The molecule has 0 aliphatic carbocycles. The van der Waals surface area contributed by atoms with Gasteiger partial charge in [-0.3, -0.25) is 4.79 Å². The molecular weight excluding hydrogens is 190 g/mol. The quantitative estimate of drug-likeness (QED) is 0.594. The smallest absolute Gasteiger partial charge is 0.299 e. The minimum Gasteiger partial charge on any atom is -0.387 e. The summed E-state index contributed by atoms with van der Waals surface area (Å²) in [5.74, 6) is -0.484. The molecule has 3 N–H and O–H groups in total. The van der Waals surface area contributed by atoms with Crippen molar-refractivity contribution in [2.24, 2.45) is 0 Å². The van der Waals surface area contributed by atoms with Gasteiger partial charge in [0.15, 0.2) is 4.60 Å². The van der Waals surface area contributed by atoms with Gasteiger partial charge in [-0.15, -0.1) is 0 Å². The molecule has 0 radical (unpaired) electrons. The molecule has 1 aromatic heterocycles. The van der Waals surface area contributed by atoms with Crippen molar-refractivity contribution >= 4 is 5.91 Å². The lowest BCUT2D eigenvalue weighted by atomic mass is 10.3. The van der Waals surface area contributed by atoms with Crippen LogP contribution in [0, 0.1) is 4.91 Å². The van der Waals surface area contributed by atoms with Crippen LogP contribution in [-0.4, -0.2) is 22.2 Å². The lowest BCUT2D eigenvalue weighted by Gasteiger charge is -2.03. The number of nitrogens with zero attached hydrogens (tertiary/aromatic N) is 1. The molecule has 1 heterocycles. The Hall–Kier alpha value is -1.63. The van der Waals surface area contributed by atoms with Crippen molar-refractivity contribution in [3.05, 3.63) is 16.3 Å². The van der Waals surface area contributed by atoms with Gasteiger partial charge in [0.25, 0.3) is 17.3 Å². The molecule has 0 aliphatic heterocycles. The fraction of sp³-hybridized carbons (Fsp3) is 0.571. The van der Waals surface area contributed by atoms with Crippen LogP contribution >= 0.6 is 0 Å². The van der Waals surface area contributed by atoms with Crippen molar-refractivity contribution in [3.8, 4) is 0 Å². The van der Waals surface area contributed by atoms with E-state index in [1.807, 2.05) is 0 Å². The number of hydrogen-bond acceptors (Lipinski definition) is 4. The summed E-state index contributed by atoms with van der Waals surface area (Å²) in [7, 11) is 0. The average molecular weight is 202 g/mol. The van der Waals surface area contributed by atoms with E-state index in [2.05, 4.69) is 15.1 Å². The molecule has 78 valence electrons. The van der Waals surface area contributed by atoms with Crippen LogP contribution in [0.4, 0.5) is 0 Å². The van der Waals surface area contributed by atoms with Crippen molar-refractivity contribution in [3.63, 3.8) is 0 Å². The van der Waals surface area contributed by atoms with E-state index in [0.717, 1.165) is 0 Å². The van der Waals surface area contributed by atoms with Crippen LogP contribution in [0.15, 0.2) is 4.63 Å². The third kappa shape index (κ3) is 1.99. The van der Waals surface area contributed by atoms with Crippen molar-refractivity contribution < 1.29 is 19.1 Å². The highest BCUT2D eigenvalue weighted by molar-refractivity contribution is 5.92. The van der Waals surface area contributed by atoms with E-state index in [0.29, 0.717) is 0 Å². The molecule has 1 aromatic rings. The number of amides is 1. The molecule has 7 nitrogen and oxygen atoms in total. The standard InChI is InChI=1S/C7H11N3O4/c1-4(2)8-7(12)6-5(3-11)10(13)14-9-6/h4,11H,3H2,1-2H3,(H-,8,9,12,13)/p+1. The Bertz CT molecular complexity index is 379. The molecule has 1 amide bonds. The molecular formula is C7H12N3O4+. The maximum absolute atomic E-state index is 11.4. The summed E-state index contributed by atoms with van der Waals surface area (Å²) in [6, 6.07) is -0.0579. The van der Waals surface area contributed by atoms with Crippen LogP contribution in [0.2, 0.25) is 0 Å². The Labute approximate surface area is 79.3 Å². The van der Waals surface area contributed by atoms with Crippen molar-refractivity contribution in [2.45, 2.75) is 26.5 Å². The van der Waals surface area contributed by atoms with Gasteiger partial charge in [0.1, 0.15) is 6.61 Å². The summed E-state index contributed by atoms with van der Waals surface area (Å²) in [5, 5.41) is 13.5. The number of H-pyrrole nitrogens is 1. The van der Waals surface area contributed by atoms with Crippen molar-refractivity contribution in [2.75, 3.05) is 0 Å². The molecule has 1 rings (SSSR count). The van der Waals surface area contributed by atoms with E-state index in [1.165, 1.54) is 0 Å². The first-order chi connectivity index (χ1) is 6.56. The zero-order valence-electron chi connectivity index (χ0n) is 7.90. The molecule has 0 saturated carbocycles. The van der Waals surface area contributed by atoms with Crippen molar-refractivity contribution in [1.29, 1.82) is 0 Å². The van der Waals surface area contributed by atoms with Gasteiger partial charge in [0, 0.05) is 6.04 Å². The van der Waals surface area contributed by atoms with Crippen LogP contribution in [0.25, 0.3) is 0 Å². The average Bonchev–Trinajstić information content (AvgIpc) is 2.45. The second-order valence-electron chi connectivity index (χ2n) is 3.06. The number of aromatic nitrogens is 2. The third-order valence-electron chi connectivity index (χ3n) is 1.54. The van der Waals surface area contributed by atoms with Gasteiger partial charge < -0.3 is 10.4 Å². The fourth-order valence-corrected chi connectivity index (χ4v) is 0.941. The molecule has 0 saturated heterocycles. The first-order valence-electron chi connectivity index (χ1n) is 4.11. The van der Waals surface area contributed by atoms with Crippen LogP contribution in [0.3, 0.4) is 0 Å². The number of aliphatic hydroxyl groups is 1. The largest absolute Gasteiger partial charge is 0.387 e. The van der Waals surface area contributed by atoms with E-state index in [4.69, 9.17) is 5.11 Å². The Balaban J connectivity index is 2.95. The van der Waals surface area contributed by atoms with Crippen molar-refractivity contribution in [1.82, 2.24) is 10.5 Å². The lowest BCUT2D eigenvalue weighted by molar-refractivity contribution is -0.720. The number of aliphatic hydroxyl groups excluding tert-OH is 1. The van der Waals surface area contributed by atoms with Gasteiger partial charge in [-0.25, -0.2) is 0 Å². The zero-order valence-corrected chi connectivity index (χ0v) is 7.90. The predicted molar refractivity (Wildman–Crippen MR) is 45.0 cm³/mol. The van der Waals surface area contributed by atoms with E-state index in [1.54, 1.807) is 13.8 Å². The fourth-order valence-electron chi connectivity index (χ4n) is 0.941. The summed E-state index contributed by atoms with van der Waals surface area (Å²) < 4.78 is 4.37. The summed E-state index contributed by atoms with van der Waals surface area (Å²) in [5.41, 5.74) is -0.195. The molecule has 7 heteroatoms. The number of hydrogen-bond donors (Lipinski definition) is 3. The number of aromatic amines is 1. The summed E-state index contributed by atoms with van der Waals surface area (Å²) in [6.07, 6.45) is 0. The van der Waals surface area contributed by atoms with Gasteiger partial charge in [0.05, 0.1) is 0 Å². The SMILES string of the molecule is CC(C)NC(=O)c1[nH]o[n+](=O)c1CO. The normalized spacial score (nSPS) is 10.6. The van der Waals surface area contributed by atoms with Gasteiger partial charge >= 0.3 is 0 Å². The van der Waals surface area contributed by atoms with Gasteiger partial charge in [-0.05, 0) is 18.8 Å². The Kier molecular flexibility index (Phi) is 3.03. The maximum Gasteiger partial charge on any atom is 0.299 e. The van der Waals surface area contributed by atoms with E-state index < -0.39 is 12.5 Å². The van der Waals surface area contributed by atoms with E-state index in [-0.39, 0.29) is 22.0 Å². The maximum atomic E-state index is 11.4. The van der Waals surface area contributed by atoms with Gasteiger partial charge in [-0.1, -0.05) is 9.79 Å². The Morgan fingerprint density at radius 3 is 2.86 bits per heavy atom. The summed E-state index contributed by atoms with van der Waals surface area (Å²) >= 11 is 0. The molecule has 0 aromatic carbocycles. The topological polar surface area (TPSA) is 101 Å². The Morgan fingerprint density at radius 2 is 2.36 bits per heavy atom. The van der Waals surface area contributed by atoms with Crippen LogP contribution < -0.4 is 9.92 Å². The molecule has 14 heavy (non-hydrogen) atoms. The van der Waals surface area contributed by atoms with Gasteiger partial charge in [0.2, 0.25) is 0 Å². The van der Waals surface area contributed by atoms with E-state index in [9.17, 15) is 9.70 Å². The first-order valence-corrected chi connectivity index (χ1v) is 4.11. The molecule has 0 aliphatic rings. The van der Waals surface area contributed by atoms with Gasteiger partial charge in [-0.2, -0.15) is 0 Å². The molecule has 0 atom stereocenters. The minimum absolute atomic E-state index is 0.0579. The molecule has 0 fully saturated rings. The van der Waals surface area contributed by atoms with Crippen LogP contribution in [0.1, 0.15) is 30.0 Å². The molecule has 0 unspecified atom stereocenters.